The molecular formula is C20H19NO4S2. The van der Waals surface area contributed by atoms with Crippen LogP contribution in [0, 0.1) is 0 Å². The third-order valence-corrected chi connectivity index (χ3v) is 5.96. The van der Waals surface area contributed by atoms with E-state index in [0.29, 0.717) is 13.2 Å². The van der Waals surface area contributed by atoms with Crippen molar-refractivity contribution < 1.29 is 17.9 Å². The summed E-state index contributed by atoms with van der Waals surface area (Å²) in [4.78, 5) is 12.1. The molecule has 0 saturated heterocycles. The minimum absolute atomic E-state index is 0.0359. The van der Waals surface area contributed by atoms with Gasteiger partial charge in [-0.3, -0.25) is 4.79 Å². The van der Waals surface area contributed by atoms with Crippen molar-refractivity contribution in [2.24, 2.45) is 0 Å². The number of rotatable bonds is 8. The van der Waals surface area contributed by atoms with E-state index in [9.17, 15) is 13.2 Å². The van der Waals surface area contributed by atoms with Crippen LogP contribution in [0.4, 0.5) is 0 Å². The smallest absolute Gasteiger partial charge is 0.264 e. The number of ether oxygens (including phenoxy) is 1. The lowest BCUT2D eigenvalue weighted by Crippen LogP contribution is -2.30. The monoisotopic (exact) mass is 401 g/mol. The van der Waals surface area contributed by atoms with Gasteiger partial charge in [-0.05, 0) is 58.6 Å². The van der Waals surface area contributed by atoms with Gasteiger partial charge in [0.25, 0.3) is 15.9 Å². The fourth-order valence-corrected chi connectivity index (χ4v) is 4.09. The minimum Gasteiger partial charge on any atom is -0.376 e. The zero-order valence-corrected chi connectivity index (χ0v) is 16.1. The van der Waals surface area contributed by atoms with E-state index in [1.54, 1.807) is 53.8 Å². The Bertz CT molecular complexity index is 967. The van der Waals surface area contributed by atoms with Gasteiger partial charge in [0.1, 0.15) is 0 Å². The molecule has 0 unspecified atom stereocenters. The first-order valence-electron chi connectivity index (χ1n) is 8.34. The topological polar surface area (TPSA) is 72.5 Å². The minimum atomic E-state index is -3.92. The number of carbonyl (C=O) groups excluding carboxylic acids is 1. The van der Waals surface area contributed by atoms with Crippen molar-refractivity contribution in [3.63, 3.8) is 0 Å². The van der Waals surface area contributed by atoms with Gasteiger partial charge < -0.3 is 4.74 Å². The number of nitrogens with one attached hydrogen (secondary N) is 1. The number of hydrogen-bond acceptors (Lipinski definition) is 5. The molecule has 7 heteroatoms. The molecule has 0 atom stereocenters. The Morgan fingerprint density at radius 2 is 1.70 bits per heavy atom. The van der Waals surface area contributed by atoms with Crippen LogP contribution in [-0.4, -0.2) is 20.9 Å². The molecule has 1 heterocycles. The molecule has 0 radical (unpaired) electrons. The highest BCUT2D eigenvalue weighted by atomic mass is 32.2. The zero-order valence-electron chi connectivity index (χ0n) is 14.5. The molecule has 0 bridgehead atoms. The predicted molar refractivity (Wildman–Crippen MR) is 105 cm³/mol. The zero-order chi connectivity index (χ0) is 19.1. The molecule has 0 aliphatic heterocycles. The lowest BCUT2D eigenvalue weighted by molar-refractivity contribution is 0.0981. The van der Waals surface area contributed by atoms with E-state index < -0.39 is 15.9 Å². The largest absolute Gasteiger partial charge is 0.376 e. The highest BCUT2D eigenvalue weighted by molar-refractivity contribution is 7.90. The molecule has 140 valence electrons. The van der Waals surface area contributed by atoms with Gasteiger partial charge in [0.2, 0.25) is 0 Å². The van der Waals surface area contributed by atoms with Crippen molar-refractivity contribution in [3.8, 4) is 0 Å². The summed E-state index contributed by atoms with van der Waals surface area (Å²) in [6.45, 7) is 1.00. The van der Waals surface area contributed by atoms with Gasteiger partial charge in [-0.2, -0.15) is 11.3 Å². The first kappa shape index (κ1) is 19.3. The molecule has 0 aliphatic carbocycles. The summed E-state index contributed by atoms with van der Waals surface area (Å²) < 4.78 is 32.4. The van der Waals surface area contributed by atoms with Crippen LogP contribution in [0.3, 0.4) is 0 Å². The Labute approximate surface area is 162 Å². The lowest BCUT2D eigenvalue weighted by atomic mass is 10.2. The number of hydrogen-bond donors (Lipinski definition) is 1. The molecule has 1 N–H and O–H groups in total. The van der Waals surface area contributed by atoms with E-state index in [2.05, 4.69) is 16.2 Å². The van der Waals surface area contributed by atoms with E-state index in [-0.39, 0.29) is 10.5 Å². The van der Waals surface area contributed by atoms with Crippen molar-refractivity contribution in [2.75, 3.05) is 6.61 Å². The van der Waals surface area contributed by atoms with Crippen LogP contribution in [-0.2, 0) is 27.8 Å². The molecule has 0 saturated carbocycles. The SMILES string of the molecule is O=C(NS(=O)(=O)c1ccc(COCCc2ccsc2)cc1)c1ccccc1. The molecular weight excluding hydrogens is 382 g/mol. The third kappa shape index (κ3) is 5.50. The van der Waals surface area contributed by atoms with Crippen LogP contribution < -0.4 is 4.72 Å². The van der Waals surface area contributed by atoms with Crippen LogP contribution >= 0.6 is 11.3 Å². The molecule has 3 rings (SSSR count). The van der Waals surface area contributed by atoms with E-state index in [1.165, 1.54) is 17.7 Å². The van der Waals surface area contributed by atoms with Crippen molar-refractivity contribution in [1.82, 2.24) is 4.72 Å². The van der Waals surface area contributed by atoms with Crippen molar-refractivity contribution >= 4 is 27.3 Å². The number of thiophene rings is 1. The maximum atomic E-state index is 12.4. The standard InChI is InChI=1S/C20H19NO4S2/c22-20(18-4-2-1-3-5-18)21-27(23,24)19-8-6-16(7-9-19)14-25-12-10-17-11-13-26-15-17/h1-9,11,13,15H,10,12,14H2,(H,21,22). The molecule has 3 aromatic rings. The fourth-order valence-electron chi connectivity index (χ4n) is 2.41. The van der Waals surface area contributed by atoms with Crippen LogP contribution in [0.15, 0.2) is 76.3 Å². The average molecular weight is 402 g/mol. The number of benzene rings is 2. The maximum absolute atomic E-state index is 12.4. The van der Waals surface area contributed by atoms with E-state index in [4.69, 9.17) is 4.74 Å². The van der Waals surface area contributed by atoms with E-state index >= 15 is 0 Å². The number of sulfonamides is 1. The molecule has 2 aromatic carbocycles. The third-order valence-electron chi connectivity index (χ3n) is 3.88. The second kappa shape index (κ2) is 8.94. The quantitative estimate of drug-likeness (QED) is 0.585. The average Bonchev–Trinajstić information content (AvgIpc) is 3.19. The Hall–Kier alpha value is -2.48. The Morgan fingerprint density at radius 1 is 0.963 bits per heavy atom. The number of carbonyl (C=O) groups is 1. The van der Waals surface area contributed by atoms with Gasteiger partial charge in [0.05, 0.1) is 18.1 Å². The normalized spacial score (nSPS) is 11.3. The Morgan fingerprint density at radius 3 is 2.37 bits per heavy atom. The second-order valence-electron chi connectivity index (χ2n) is 5.88. The van der Waals surface area contributed by atoms with E-state index in [0.717, 1.165) is 12.0 Å². The molecule has 5 nitrogen and oxygen atoms in total. The highest BCUT2D eigenvalue weighted by Crippen LogP contribution is 2.13. The summed E-state index contributed by atoms with van der Waals surface area (Å²) in [7, 11) is -3.92. The molecule has 1 aromatic heterocycles. The summed E-state index contributed by atoms with van der Waals surface area (Å²) in [5.74, 6) is -0.656. The highest BCUT2D eigenvalue weighted by Gasteiger charge is 2.18. The molecule has 0 aliphatic rings. The molecule has 0 spiro atoms. The molecule has 0 fully saturated rings. The Balaban J connectivity index is 1.54. The van der Waals surface area contributed by atoms with Crippen molar-refractivity contribution in [2.45, 2.75) is 17.9 Å². The van der Waals surface area contributed by atoms with Gasteiger partial charge in [-0.25, -0.2) is 13.1 Å². The Kier molecular flexibility index (Phi) is 6.39. The van der Waals surface area contributed by atoms with Crippen LogP contribution in [0.2, 0.25) is 0 Å². The molecule has 27 heavy (non-hydrogen) atoms. The van der Waals surface area contributed by atoms with Gasteiger partial charge in [-0.15, -0.1) is 0 Å². The summed E-state index contributed by atoms with van der Waals surface area (Å²) in [6, 6.07) is 16.6. The van der Waals surface area contributed by atoms with Crippen molar-refractivity contribution in [1.29, 1.82) is 0 Å². The van der Waals surface area contributed by atoms with Gasteiger partial charge >= 0.3 is 0 Å². The second-order valence-corrected chi connectivity index (χ2v) is 8.34. The predicted octanol–water partition coefficient (Wildman–Crippen LogP) is 3.63. The van der Waals surface area contributed by atoms with Crippen molar-refractivity contribution in [3.05, 3.63) is 88.1 Å². The van der Waals surface area contributed by atoms with Gasteiger partial charge in [0, 0.05) is 5.56 Å². The summed E-state index contributed by atoms with van der Waals surface area (Å²) in [6.07, 6.45) is 0.849. The fraction of sp³-hybridized carbons (Fsp3) is 0.150. The van der Waals surface area contributed by atoms with E-state index in [1.807, 2.05) is 5.38 Å². The van der Waals surface area contributed by atoms with Gasteiger partial charge in [0.15, 0.2) is 0 Å². The summed E-state index contributed by atoms with van der Waals surface area (Å²) in [5.41, 5.74) is 2.40. The first-order valence-corrected chi connectivity index (χ1v) is 10.8. The van der Waals surface area contributed by atoms with Crippen LogP contribution in [0.1, 0.15) is 21.5 Å². The van der Waals surface area contributed by atoms with Crippen LogP contribution in [0.5, 0.6) is 0 Å². The van der Waals surface area contributed by atoms with Crippen LogP contribution in [0.25, 0.3) is 0 Å². The summed E-state index contributed by atoms with van der Waals surface area (Å²) in [5, 5.41) is 4.12. The molecule has 1 amide bonds. The van der Waals surface area contributed by atoms with Gasteiger partial charge in [-0.1, -0.05) is 30.3 Å². The number of amides is 1. The lowest BCUT2D eigenvalue weighted by Gasteiger charge is -2.08. The first-order chi connectivity index (χ1) is 13.0. The maximum Gasteiger partial charge on any atom is 0.264 e. The summed E-state index contributed by atoms with van der Waals surface area (Å²) >= 11 is 1.66.